The summed E-state index contributed by atoms with van der Waals surface area (Å²) < 4.78 is 1.95. The zero-order valence-electron chi connectivity index (χ0n) is 12.5. The zero-order chi connectivity index (χ0) is 14.7. The molecule has 20 heavy (non-hydrogen) atoms. The van der Waals surface area contributed by atoms with E-state index in [4.69, 9.17) is 0 Å². The van der Waals surface area contributed by atoms with Crippen molar-refractivity contribution in [1.82, 2.24) is 14.4 Å². The van der Waals surface area contributed by atoms with Crippen LogP contribution in [0.2, 0.25) is 0 Å². The van der Waals surface area contributed by atoms with Crippen LogP contribution in [-0.4, -0.2) is 52.4 Å². The lowest BCUT2D eigenvalue weighted by Gasteiger charge is -2.35. The molecule has 0 radical (unpaired) electrons. The van der Waals surface area contributed by atoms with Gasteiger partial charge in [-0.3, -0.25) is 9.59 Å². The Morgan fingerprint density at radius 1 is 1.15 bits per heavy atom. The molecule has 1 aromatic heterocycles. The second-order valence-corrected chi connectivity index (χ2v) is 5.72. The van der Waals surface area contributed by atoms with E-state index in [-0.39, 0.29) is 17.7 Å². The summed E-state index contributed by atoms with van der Waals surface area (Å²) in [5, 5.41) is 0. The fourth-order valence-corrected chi connectivity index (χ4v) is 2.49. The fourth-order valence-electron chi connectivity index (χ4n) is 2.49. The third kappa shape index (κ3) is 3.40. The maximum atomic E-state index is 12.2. The molecule has 0 aliphatic carbocycles. The summed E-state index contributed by atoms with van der Waals surface area (Å²) in [5.74, 6) is 0.356. The van der Waals surface area contributed by atoms with Crippen molar-refractivity contribution >= 4 is 11.8 Å². The van der Waals surface area contributed by atoms with Crippen LogP contribution < -0.4 is 0 Å². The normalized spacial score (nSPS) is 15.8. The van der Waals surface area contributed by atoms with Crippen molar-refractivity contribution in [2.45, 2.75) is 20.3 Å². The van der Waals surface area contributed by atoms with Crippen LogP contribution >= 0.6 is 0 Å². The number of aromatic nitrogens is 1. The molecule has 110 valence electrons. The van der Waals surface area contributed by atoms with Gasteiger partial charge in [0.2, 0.25) is 11.8 Å². The van der Waals surface area contributed by atoms with Crippen LogP contribution in [0.4, 0.5) is 0 Å². The fraction of sp³-hybridized carbons (Fsp3) is 0.600. The van der Waals surface area contributed by atoms with Gasteiger partial charge in [0.05, 0.1) is 6.42 Å². The van der Waals surface area contributed by atoms with E-state index >= 15 is 0 Å². The minimum Gasteiger partial charge on any atom is -0.357 e. The lowest BCUT2D eigenvalue weighted by molar-refractivity contribution is -0.141. The first-order valence-corrected chi connectivity index (χ1v) is 7.15. The van der Waals surface area contributed by atoms with Gasteiger partial charge in [-0.1, -0.05) is 13.8 Å². The van der Waals surface area contributed by atoms with Crippen molar-refractivity contribution in [3.05, 3.63) is 24.0 Å². The first kappa shape index (κ1) is 14.6. The average Bonchev–Trinajstić information content (AvgIpc) is 2.83. The Balaban J connectivity index is 1.84. The van der Waals surface area contributed by atoms with Gasteiger partial charge >= 0.3 is 0 Å². The topological polar surface area (TPSA) is 45.6 Å². The molecule has 2 amide bonds. The molecule has 1 fully saturated rings. The van der Waals surface area contributed by atoms with Gasteiger partial charge in [-0.05, 0) is 11.6 Å². The van der Waals surface area contributed by atoms with Crippen LogP contribution in [0.5, 0.6) is 0 Å². The highest BCUT2D eigenvalue weighted by Crippen LogP contribution is 2.09. The molecule has 0 N–H and O–H groups in total. The number of carbonyl (C=O) groups is 2. The third-order valence-electron chi connectivity index (χ3n) is 3.69. The third-order valence-corrected chi connectivity index (χ3v) is 3.69. The molecule has 0 aromatic carbocycles. The Labute approximate surface area is 120 Å². The SMILES string of the molecule is CC(C)C(=O)N1CCN(C(=O)Cc2ccn(C)c2)CC1. The first-order chi connectivity index (χ1) is 9.47. The summed E-state index contributed by atoms with van der Waals surface area (Å²) in [6.07, 6.45) is 4.36. The van der Waals surface area contributed by atoms with Gasteiger partial charge in [-0.2, -0.15) is 0 Å². The molecule has 5 nitrogen and oxygen atoms in total. The molecule has 0 saturated carbocycles. The molecular formula is C15H23N3O2. The van der Waals surface area contributed by atoms with E-state index in [1.54, 1.807) is 0 Å². The number of hydrogen-bond acceptors (Lipinski definition) is 2. The largest absolute Gasteiger partial charge is 0.357 e. The van der Waals surface area contributed by atoms with Crippen molar-refractivity contribution in [1.29, 1.82) is 0 Å². The molecule has 1 aliphatic heterocycles. The number of hydrogen-bond donors (Lipinski definition) is 0. The smallest absolute Gasteiger partial charge is 0.227 e. The van der Waals surface area contributed by atoms with Gasteiger partial charge in [0, 0.05) is 51.5 Å². The highest BCUT2D eigenvalue weighted by atomic mass is 16.2. The van der Waals surface area contributed by atoms with E-state index < -0.39 is 0 Å². The van der Waals surface area contributed by atoms with Crippen molar-refractivity contribution in [3.63, 3.8) is 0 Å². The molecule has 5 heteroatoms. The Morgan fingerprint density at radius 3 is 2.25 bits per heavy atom. The average molecular weight is 277 g/mol. The molecule has 0 unspecified atom stereocenters. The number of rotatable bonds is 3. The first-order valence-electron chi connectivity index (χ1n) is 7.15. The quantitative estimate of drug-likeness (QED) is 0.824. The molecule has 2 heterocycles. The summed E-state index contributed by atoms with van der Waals surface area (Å²) >= 11 is 0. The zero-order valence-corrected chi connectivity index (χ0v) is 12.5. The predicted molar refractivity (Wildman–Crippen MR) is 77.1 cm³/mol. The summed E-state index contributed by atoms with van der Waals surface area (Å²) in [5.41, 5.74) is 1.04. The van der Waals surface area contributed by atoms with Crippen LogP contribution in [-0.2, 0) is 23.1 Å². The molecule has 0 bridgehead atoms. The van der Waals surface area contributed by atoms with Gasteiger partial charge in [0.1, 0.15) is 0 Å². The molecular weight excluding hydrogens is 254 g/mol. The van der Waals surface area contributed by atoms with E-state index in [1.165, 1.54) is 0 Å². The highest BCUT2D eigenvalue weighted by molar-refractivity contribution is 5.80. The van der Waals surface area contributed by atoms with Crippen molar-refractivity contribution < 1.29 is 9.59 Å². The van der Waals surface area contributed by atoms with Crippen molar-refractivity contribution in [2.75, 3.05) is 26.2 Å². The van der Waals surface area contributed by atoms with Crippen molar-refractivity contribution in [3.8, 4) is 0 Å². The maximum absolute atomic E-state index is 12.2. The van der Waals surface area contributed by atoms with Crippen LogP contribution in [0.3, 0.4) is 0 Å². The standard InChI is InChI=1S/C15H23N3O2/c1-12(2)15(20)18-8-6-17(7-9-18)14(19)10-13-4-5-16(3)11-13/h4-5,11-12H,6-10H2,1-3H3. The summed E-state index contributed by atoms with van der Waals surface area (Å²) in [6.45, 7) is 6.41. The van der Waals surface area contributed by atoms with Crippen LogP contribution in [0.15, 0.2) is 18.5 Å². The predicted octanol–water partition coefficient (Wildman–Crippen LogP) is 0.894. The Morgan fingerprint density at radius 2 is 1.75 bits per heavy atom. The van der Waals surface area contributed by atoms with E-state index in [9.17, 15) is 9.59 Å². The number of piperazine rings is 1. The minimum atomic E-state index is 0.0292. The molecule has 0 spiro atoms. The van der Waals surface area contributed by atoms with E-state index in [1.807, 2.05) is 53.7 Å². The lowest BCUT2D eigenvalue weighted by atomic mass is 10.1. The molecule has 2 rings (SSSR count). The van der Waals surface area contributed by atoms with Gasteiger partial charge in [-0.15, -0.1) is 0 Å². The number of nitrogens with zero attached hydrogens (tertiary/aromatic N) is 3. The van der Waals surface area contributed by atoms with Crippen LogP contribution in [0.25, 0.3) is 0 Å². The maximum Gasteiger partial charge on any atom is 0.227 e. The second kappa shape index (κ2) is 6.11. The summed E-state index contributed by atoms with van der Waals surface area (Å²) in [4.78, 5) is 27.8. The Hall–Kier alpha value is -1.78. The Kier molecular flexibility index (Phi) is 4.47. The molecule has 1 aliphatic rings. The second-order valence-electron chi connectivity index (χ2n) is 5.72. The molecule has 0 atom stereocenters. The van der Waals surface area contributed by atoms with Crippen molar-refractivity contribution in [2.24, 2.45) is 13.0 Å². The minimum absolute atomic E-state index is 0.0292. The van der Waals surface area contributed by atoms with Gasteiger partial charge < -0.3 is 14.4 Å². The van der Waals surface area contributed by atoms with E-state index in [0.717, 1.165) is 5.56 Å². The van der Waals surface area contributed by atoms with Gasteiger partial charge in [0.15, 0.2) is 0 Å². The number of carbonyl (C=O) groups excluding carboxylic acids is 2. The Bertz CT molecular complexity index is 485. The monoisotopic (exact) mass is 277 g/mol. The van der Waals surface area contributed by atoms with Gasteiger partial charge in [0.25, 0.3) is 0 Å². The summed E-state index contributed by atoms with van der Waals surface area (Å²) in [6, 6.07) is 1.97. The number of amides is 2. The highest BCUT2D eigenvalue weighted by Gasteiger charge is 2.25. The summed E-state index contributed by atoms with van der Waals surface area (Å²) in [7, 11) is 1.95. The molecule has 1 saturated heterocycles. The van der Waals surface area contributed by atoms with Crippen LogP contribution in [0, 0.1) is 5.92 Å². The van der Waals surface area contributed by atoms with E-state index in [2.05, 4.69) is 0 Å². The molecule has 1 aromatic rings. The van der Waals surface area contributed by atoms with E-state index in [0.29, 0.717) is 32.6 Å². The number of aryl methyl sites for hydroxylation is 1. The lowest BCUT2D eigenvalue weighted by Crippen LogP contribution is -2.51. The van der Waals surface area contributed by atoms with Crippen LogP contribution in [0.1, 0.15) is 19.4 Å². The van der Waals surface area contributed by atoms with Gasteiger partial charge in [-0.25, -0.2) is 0 Å².